The van der Waals surface area contributed by atoms with Crippen LogP contribution in [0.2, 0.25) is 0 Å². The van der Waals surface area contributed by atoms with Crippen LogP contribution in [0.25, 0.3) is 0 Å². The van der Waals surface area contributed by atoms with Crippen molar-refractivity contribution in [3.8, 4) is 5.75 Å². The molecule has 11 heteroatoms. The van der Waals surface area contributed by atoms with Gasteiger partial charge in [-0.15, -0.1) is 0 Å². The van der Waals surface area contributed by atoms with Gasteiger partial charge in [-0.2, -0.15) is 0 Å². The molecule has 0 saturated carbocycles. The van der Waals surface area contributed by atoms with Gasteiger partial charge in [-0.3, -0.25) is 14.4 Å². The molecule has 160 valence electrons. The molecule has 0 aliphatic carbocycles. The van der Waals surface area contributed by atoms with Crippen molar-refractivity contribution in [2.45, 2.75) is 13.3 Å². The molecule has 0 bridgehead atoms. The Kier molecular flexibility index (Phi) is 8.36. The molecular weight excluding hydrogens is 406 g/mol. The van der Waals surface area contributed by atoms with Crippen LogP contribution in [0.3, 0.4) is 0 Å². The number of aromatic hydroxyl groups is 1. The van der Waals surface area contributed by atoms with E-state index in [0.29, 0.717) is 12.1 Å². The summed E-state index contributed by atoms with van der Waals surface area (Å²) in [5.41, 5.74) is 6.11. The van der Waals surface area contributed by atoms with E-state index in [1.54, 1.807) is 0 Å². The molecule has 1 heterocycles. The van der Waals surface area contributed by atoms with Crippen molar-refractivity contribution in [2.24, 2.45) is 0 Å². The Bertz CT molecular complexity index is 772. The fraction of sp³-hybridized carbons (Fsp3) is 0.588. The van der Waals surface area contributed by atoms with Crippen LogP contribution < -0.4 is 28.2 Å². The minimum absolute atomic E-state index is 0. The molecule has 0 aromatic heterocycles. The van der Waals surface area contributed by atoms with E-state index >= 15 is 0 Å². The van der Waals surface area contributed by atoms with Gasteiger partial charge in [-0.1, -0.05) is 0 Å². The summed E-state index contributed by atoms with van der Waals surface area (Å²) < 4.78 is 28.0. The van der Waals surface area contributed by atoms with E-state index in [9.17, 15) is 18.3 Å². The summed E-state index contributed by atoms with van der Waals surface area (Å²) in [4.78, 5) is 13.4. The number of halogens is 1. The Labute approximate surface area is 172 Å². The third-order valence-corrected chi connectivity index (χ3v) is 6.22. The van der Waals surface area contributed by atoms with Crippen molar-refractivity contribution in [1.82, 2.24) is 4.90 Å². The minimum atomic E-state index is -3.65. The van der Waals surface area contributed by atoms with E-state index < -0.39 is 10.0 Å². The first-order chi connectivity index (χ1) is 12.5. The maximum Gasteiger partial charge on any atom is 0.233 e. The van der Waals surface area contributed by atoms with Crippen LogP contribution in [0.15, 0.2) is 12.1 Å². The zero-order chi connectivity index (χ0) is 20.2. The summed E-state index contributed by atoms with van der Waals surface area (Å²) in [7, 11) is 0.588. The zero-order valence-electron chi connectivity index (χ0n) is 16.5. The van der Waals surface area contributed by atoms with Gasteiger partial charge in [0.25, 0.3) is 0 Å². The van der Waals surface area contributed by atoms with E-state index in [0.717, 1.165) is 37.2 Å². The fourth-order valence-corrected chi connectivity index (χ4v) is 4.29. The molecule has 1 fully saturated rings. The maximum atomic E-state index is 12.4. The maximum absolute atomic E-state index is 12.4. The number of benzene rings is 1. The summed E-state index contributed by atoms with van der Waals surface area (Å²) in [6.45, 7) is 6.12. The van der Waals surface area contributed by atoms with E-state index in [2.05, 4.69) is 29.0 Å². The monoisotopic (exact) mass is 435 g/mol. The second kappa shape index (κ2) is 9.64. The van der Waals surface area contributed by atoms with Crippen molar-refractivity contribution >= 4 is 33.0 Å². The highest BCUT2D eigenvalue weighted by Gasteiger charge is 2.27. The number of hydrogen-bond acceptors (Lipinski definition) is 6. The molecule has 1 amide bonds. The van der Waals surface area contributed by atoms with E-state index in [4.69, 9.17) is 5.73 Å². The summed E-state index contributed by atoms with van der Waals surface area (Å²) in [6.07, 6.45) is 0.514. The Morgan fingerprint density at radius 1 is 1.32 bits per heavy atom. The Morgan fingerprint density at radius 3 is 2.46 bits per heavy atom. The number of nitrogens with zero attached hydrogens (tertiary/aromatic N) is 2. The summed E-state index contributed by atoms with van der Waals surface area (Å²) in [6, 6.07) is 2.65. The lowest BCUT2D eigenvalue weighted by Gasteiger charge is -2.41. The van der Waals surface area contributed by atoms with Gasteiger partial charge < -0.3 is 33.0 Å². The molecule has 28 heavy (non-hydrogen) atoms. The molecule has 1 aliphatic rings. The number of phenolic OH excluding ortho intramolecular Hbond substituents is 1. The number of amides is 1. The number of nitrogens with one attached hydrogen (secondary N) is 2. The van der Waals surface area contributed by atoms with Crippen molar-refractivity contribution < 1.29 is 35.2 Å². The Balaban J connectivity index is 0.00000392. The van der Waals surface area contributed by atoms with Gasteiger partial charge in [0.05, 0.1) is 38.1 Å². The number of carbonyl (C=O) groups excluding carboxylic acids is 1. The molecule has 1 saturated heterocycles. The minimum Gasteiger partial charge on any atom is -1.00 e. The van der Waals surface area contributed by atoms with Gasteiger partial charge in [-0.05, 0) is 13.1 Å². The van der Waals surface area contributed by atoms with Crippen LogP contribution in [0.1, 0.15) is 13.3 Å². The number of carbonyl (C=O) groups is 1. The molecule has 0 spiro atoms. The Morgan fingerprint density at radius 2 is 1.93 bits per heavy atom. The highest BCUT2D eigenvalue weighted by atomic mass is 35.5. The predicted octanol–water partition coefficient (Wildman–Crippen LogP) is -2.54. The molecular formula is C17H30ClN5O4S. The summed E-state index contributed by atoms with van der Waals surface area (Å²) in [5, 5.41) is 12.6. The number of likely N-dealkylation sites (N-methyl/N-ethyl adjacent to an activating group) is 2. The van der Waals surface area contributed by atoms with Gasteiger partial charge in [-0.25, -0.2) is 8.42 Å². The van der Waals surface area contributed by atoms with Crippen molar-refractivity contribution in [2.75, 3.05) is 68.3 Å². The molecule has 1 aromatic rings. The first-order valence-corrected chi connectivity index (χ1v) is 10.6. The third-order valence-electron chi connectivity index (χ3n) is 4.88. The van der Waals surface area contributed by atoms with Gasteiger partial charge >= 0.3 is 0 Å². The number of nitrogens with two attached hydrogens (primary N) is 1. The van der Waals surface area contributed by atoms with Gasteiger partial charge in [0.1, 0.15) is 11.4 Å². The number of hydrogen-bond donors (Lipinski definition) is 4. The molecule has 5 N–H and O–H groups in total. The van der Waals surface area contributed by atoms with Crippen LogP contribution in [-0.4, -0.2) is 81.4 Å². The number of rotatable bonds is 7. The largest absolute Gasteiger partial charge is 1.00 e. The molecule has 0 radical (unpaired) electrons. The molecule has 0 unspecified atom stereocenters. The number of phenols is 1. The smallest absolute Gasteiger partial charge is 0.233 e. The third kappa shape index (κ3) is 7.01. The van der Waals surface area contributed by atoms with Crippen LogP contribution in [0.5, 0.6) is 5.75 Å². The lowest BCUT2D eigenvalue weighted by Crippen LogP contribution is -3.00. The molecule has 0 atom stereocenters. The second-order valence-electron chi connectivity index (χ2n) is 7.51. The highest BCUT2D eigenvalue weighted by Crippen LogP contribution is 2.34. The highest BCUT2D eigenvalue weighted by molar-refractivity contribution is 7.92. The molecule has 2 rings (SSSR count). The first-order valence-electron chi connectivity index (χ1n) is 8.92. The van der Waals surface area contributed by atoms with Crippen LogP contribution in [0, 0.1) is 0 Å². The number of piperazine rings is 1. The lowest BCUT2D eigenvalue weighted by molar-refractivity contribution is -0.913. The second-order valence-corrected chi connectivity index (χ2v) is 9.35. The quantitative estimate of drug-likeness (QED) is 0.212. The fourth-order valence-electron chi connectivity index (χ4n) is 3.15. The summed E-state index contributed by atoms with van der Waals surface area (Å²) >= 11 is 0. The lowest BCUT2D eigenvalue weighted by atomic mass is 10.2. The van der Waals surface area contributed by atoms with Gasteiger partial charge in [0, 0.05) is 38.2 Å². The SMILES string of the molecule is CC(=O)Nc1cc(N)c(NS(=O)(=O)CCC[N+]2(C)CCN(C)CC2)c(O)c1.[Cl-]. The molecule has 1 aromatic carbocycles. The number of anilines is 3. The van der Waals surface area contributed by atoms with E-state index in [-0.39, 0.29) is 41.2 Å². The van der Waals surface area contributed by atoms with Gasteiger partial charge in [0.15, 0.2) is 0 Å². The van der Waals surface area contributed by atoms with Crippen LogP contribution in [0.4, 0.5) is 17.1 Å². The van der Waals surface area contributed by atoms with Crippen LogP contribution in [-0.2, 0) is 14.8 Å². The van der Waals surface area contributed by atoms with Crippen molar-refractivity contribution in [1.29, 1.82) is 0 Å². The Hall–Kier alpha value is -1.75. The summed E-state index contributed by atoms with van der Waals surface area (Å²) in [5.74, 6) is -0.703. The first kappa shape index (κ1) is 24.3. The van der Waals surface area contributed by atoms with E-state index in [1.807, 2.05) is 0 Å². The zero-order valence-corrected chi connectivity index (χ0v) is 18.1. The van der Waals surface area contributed by atoms with E-state index in [1.165, 1.54) is 19.1 Å². The molecule has 9 nitrogen and oxygen atoms in total. The predicted molar refractivity (Wildman–Crippen MR) is 107 cm³/mol. The average Bonchev–Trinajstić information content (AvgIpc) is 2.53. The topological polar surface area (TPSA) is 125 Å². The standard InChI is InChI=1S/C17H29N5O4S.ClH/c1-13(23)19-14-11-15(18)17(16(24)12-14)20-27(25,26)10-4-7-22(3)8-5-21(2)6-9-22;/h11-12,20H,4-10,18H2,1-3H3,(H-,19,23,24);1H. The molecule has 1 aliphatic heterocycles. The van der Waals surface area contributed by atoms with Gasteiger partial charge in [0.2, 0.25) is 15.9 Å². The number of nitrogen functional groups attached to an aromatic ring is 1. The van der Waals surface area contributed by atoms with Crippen LogP contribution >= 0.6 is 0 Å². The van der Waals surface area contributed by atoms with Crippen molar-refractivity contribution in [3.05, 3.63) is 12.1 Å². The normalized spacial score (nSPS) is 16.8. The average molecular weight is 436 g/mol. The number of sulfonamides is 1. The number of quaternary nitrogens is 1. The van der Waals surface area contributed by atoms with Crippen molar-refractivity contribution in [3.63, 3.8) is 0 Å².